The van der Waals surface area contributed by atoms with Crippen LogP contribution in [-0.4, -0.2) is 9.13 Å². The summed E-state index contributed by atoms with van der Waals surface area (Å²) in [6, 6.07) is 70.5. The molecule has 0 amide bonds. The van der Waals surface area contributed by atoms with Gasteiger partial charge in [-0.05, 0) is 82.4 Å². The molecule has 0 aliphatic rings. The lowest BCUT2D eigenvalue weighted by atomic mass is 9.97. The standard InChI is InChI=1S/C48H32N2/c1-4-15-33(16-5-1)36-29-37(34-17-6-2-7-18-34)31-39(30-36)50-46-26-13-10-21-41(46)43-24-14-23-40(48(43)50)35-27-28-47-44(32-35)42-22-11-12-25-45(42)49(47)38-19-8-3-9-20-38/h1-32H. The molecule has 10 aromatic rings. The molecule has 234 valence electrons. The van der Waals surface area contributed by atoms with Gasteiger partial charge in [0.25, 0.3) is 0 Å². The minimum Gasteiger partial charge on any atom is -0.309 e. The molecule has 2 heterocycles. The topological polar surface area (TPSA) is 9.86 Å². The van der Waals surface area contributed by atoms with Gasteiger partial charge in [0.05, 0.1) is 22.1 Å². The maximum absolute atomic E-state index is 2.48. The Kier molecular flexibility index (Phi) is 6.53. The Balaban J connectivity index is 1.27. The van der Waals surface area contributed by atoms with Gasteiger partial charge in [-0.3, -0.25) is 0 Å². The van der Waals surface area contributed by atoms with Crippen LogP contribution in [0.1, 0.15) is 0 Å². The summed E-state index contributed by atoms with van der Waals surface area (Å²) < 4.78 is 4.86. The average molecular weight is 637 g/mol. The Morgan fingerprint density at radius 3 is 1.44 bits per heavy atom. The van der Waals surface area contributed by atoms with E-state index in [1.165, 1.54) is 82.7 Å². The second-order valence-corrected chi connectivity index (χ2v) is 13.0. The van der Waals surface area contributed by atoms with Crippen LogP contribution in [0.3, 0.4) is 0 Å². The van der Waals surface area contributed by atoms with E-state index in [1.54, 1.807) is 0 Å². The van der Waals surface area contributed by atoms with Gasteiger partial charge < -0.3 is 9.13 Å². The average Bonchev–Trinajstić information content (AvgIpc) is 3.71. The first-order chi connectivity index (χ1) is 24.8. The number of hydrogen-bond acceptors (Lipinski definition) is 0. The molecule has 2 aromatic heterocycles. The summed E-state index contributed by atoms with van der Waals surface area (Å²) in [7, 11) is 0. The molecule has 0 saturated carbocycles. The molecule has 0 spiro atoms. The number of rotatable bonds is 5. The van der Waals surface area contributed by atoms with Gasteiger partial charge in [0.1, 0.15) is 0 Å². The molecule has 0 saturated heterocycles. The Bertz CT molecular complexity index is 2780. The van der Waals surface area contributed by atoms with Crippen LogP contribution >= 0.6 is 0 Å². The second-order valence-electron chi connectivity index (χ2n) is 13.0. The van der Waals surface area contributed by atoms with E-state index in [4.69, 9.17) is 0 Å². The van der Waals surface area contributed by atoms with Crippen LogP contribution in [0.2, 0.25) is 0 Å². The largest absolute Gasteiger partial charge is 0.309 e. The van der Waals surface area contributed by atoms with E-state index >= 15 is 0 Å². The predicted octanol–water partition coefficient (Wildman–Crippen LogP) is 12.9. The van der Waals surface area contributed by atoms with Gasteiger partial charge >= 0.3 is 0 Å². The lowest BCUT2D eigenvalue weighted by Gasteiger charge is -2.16. The van der Waals surface area contributed by atoms with Crippen molar-refractivity contribution in [2.75, 3.05) is 0 Å². The molecule has 0 bridgehead atoms. The third-order valence-electron chi connectivity index (χ3n) is 10.1. The van der Waals surface area contributed by atoms with Crippen molar-refractivity contribution < 1.29 is 0 Å². The maximum atomic E-state index is 2.48. The third-order valence-corrected chi connectivity index (χ3v) is 10.1. The Labute approximate surface area is 290 Å². The summed E-state index contributed by atoms with van der Waals surface area (Å²) >= 11 is 0. The van der Waals surface area contributed by atoms with Gasteiger partial charge in [-0.1, -0.05) is 140 Å². The first kappa shape index (κ1) is 28.4. The Hall–Kier alpha value is -6.64. The lowest BCUT2D eigenvalue weighted by Crippen LogP contribution is -1.97. The summed E-state index contributed by atoms with van der Waals surface area (Å²) in [5.41, 5.74) is 14.3. The van der Waals surface area contributed by atoms with Gasteiger partial charge in [-0.2, -0.15) is 0 Å². The van der Waals surface area contributed by atoms with Crippen molar-refractivity contribution in [3.05, 3.63) is 194 Å². The molecule has 0 N–H and O–H groups in total. The quantitative estimate of drug-likeness (QED) is 0.178. The highest BCUT2D eigenvalue weighted by Gasteiger charge is 2.19. The van der Waals surface area contributed by atoms with Gasteiger partial charge in [-0.15, -0.1) is 0 Å². The minimum absolute atomic E-state index is 1.14. The molecule has 0 atom stereocenters. The number of nitrogens with zero attached hydrogens (tertiary/aromatic N) is 2. The van der Waals surface area contributed by atoms with E-state index < -0.39 is 0 Å². The first-order valence-electron chi connectivity index (χ1n) is 17.2. The maximum Gasteiger partial charge on any atom is 0.0619 e. The van der Waals surface area contributed by atoms with Gasteiger partial charge in [0.15, 0.2) is 0 Å². The number of aromatic nitrogens is 2. The minimum atomic E-state index is 1.14. The van der Waals surface area contributed by atoms with Crippen LogP contribution in [0.25, 0.3) is 88.4 Å². The second kappa shape index (κ2) is 11.5. The van der Waals surface area contributed by atoms with Crippen molar-refractivity contribution in [2.45, 2.75) is 0 Å². The van der Waals surface area contributed by atoms with Crippen LogP contribution in [0, 0.1) is 0 Å². The van der Waals surface area contributed by atoms with Crippen LogP contribution in [0.15, 0.2) is 194 Å². The number of para-hydroxylation sites is 4. The number of fused-ring (bicyclic) bond motifs is 6. The van der Waals surface area contributed by atoms with Crippen LogP contribution < -0.4 is 0 Å². The highest BCUT2D eigenvalue weighted by molar-refractivity contribution is 6.15. The van der Waals surface area contributed by atoms with Gasteiger partial charge in [0.2, 0.25) is 0 Å². The fourth-order valence-corrected chi connectivity index (χ4v) is 7.85. The van der Waals surface area contributed by atoms with E-state index in [-0.39, 0.29) is 0 Å². The molecular weight excluding hydrogens is 605 g/mol. The van der Waals surface area contributed by atoms with Crippen molar-refractivity contribution >= 4 is 43.6 Å². The van der Waals surface area contributed by atoms with Gasteiger partial charge in [-0.25, -0.2) is 0 Å². The zero-order chi connectivity index (χ0) is 33.0. The third kappa shape index (κ3) is 4.50. The van der Waals surface area contributed by atoms with Crippen LogP contribution in [0.5, 0.6) is 0 Å². The fourth-order valence-electron chi connectivity index (χ4n) is 7.85. The first-order valence-corrected chi connectivity index (χ1v) is 17.2. The lowest BCUT2D eigenvalue weighted by molar-refractivity contribution is 1.18. The molecule has 8 aromatic carbocycles. The molecule has 0 radical (unpaired) electrons. The summed E-state index contributed by atoms with van der Waals surface area (Å²) in [6.45, 7) is 0. The van der Waals surface area contributed by atoms with Crippen molar-refractivity contribution in [2.24, 2.45) is 0 Å². The van der Waals surface area contributed by atoms with E-state index in [2.05, 4.69) is 203 Å². The fraction of sp³-hybridized carbons (Fsp3) is 0. The molecule has 10 rings (SSSR count). The van der Waals surface area contributed by atoms with E-state index in [0.717, 1.165) is 5.69 Å². The predicted molar refractivity (Wildman–Crippen MR) is 211 cm³/mol. The highest BCUT2D eigenvalue weighted by atomic mass is 15.0. The smallest absolute Gasteiger partial charge is 0.0619 e. The Morgan fingerprint density at radius 2 is 0.780 bits per heavy atom. The molecule has 0 unspecified atom stereocenters. The monoisotopic (exact) mass is 636 g/mol. The summed E-state index contributed by atoms with van der Waals surface area (Å²) in [4.78, 5) is 0. The van der Waals surface area contributed by atoms with Crippen LogP contribution in [0.4, 0.5) is 0 Å². The number of hydrogen-bond donors (Lipinski definition) is 0. The molecule has 0 aliphatic heterocycles. The van der Waals surface area contributed by atoms with Crippen molar-refractivity contribution in [1.29, 1.82) is 0 Å². The van der Waals surface area contributed by atoms with Crippen molar-refractivity contribution in [1.82, 2.24) is 9.13 Å². The van der Waals surface area contributed by atoms with Crippen LogP contribution in [-0.2, 0) is 0 Å². The zero-order valence-corrected chi connectivity index (χ0v) is 27.4. The molecule has 0 aliphatic carbocycles. The van der Waals surface area contributed by atoms with Gasteiger partial charge in [0, 0.05) is 38.5 Å². The molecule has 0 fully saturated rings. The normalized spacial score (nSPS) is 11.6. The number of benzene rings is 8. The molecule has 2 heteroatoms. The molecular formula is C48H32N2. The van der Waals surface area contributed by atoms with Crippen molar-refractivity contribution in [3.8, 4) is 44.8 Å². The Morgan fingerprint density at radius 1 is 0.260 bits per heavy atom. The van der Waals surface area contributed by atoms with E-state index in [1.807, 2.05) is 0 Å². The zero-order valence-electron chi connectivity index (χ0n) is 27.4. The molecule has 50 heavy (non-hydrogen) atoms. The molecule has 2 nitrogen and oxygen atoms in total. The summed E-state index contributed by atoms with van der Waals surface area (Å²) in [5, 5.41) is 5.00. The SMILES string of the molecule is c1ccc(-c2cc(-c3ccccc3)cc(-n3c4ccccc4c4cccc(-c5ccc6c(c5)c5ccccc5n6-c5ccccc5)c43)c2)cc1. The summed E-state index contributed by atoms with van der Waals surface area (Å²) in [6.07, 6.45) is 0. The summed E-state index contributed by atoms with van der Waals surface area (Å²) in [5.74, 6) is 0. The highest BCUT2D eigenvalue weighted by Crippen LogP contribution is 2.42. The van der Waals surface area contributed by atoms with Crippen molar-refractivity contribution in [3.63, 3.8) is 0 Å². The van der Waals surface area contributed by atoms with E-state index in [9.17, 15) is 0 Å². The van der Waals surface area contributed by atoms with E-state index in [0.29, 0.717) is 0 Å².